The molecule has 1 aliphatic rings. The van der Waals surface area contributed by atoms with E-state index in [0.29, 0.717) is 18.0 Å². The molecule has 0 amide bonds. The zero-order valence-corrected chi connectivity index (χ0v) is 10.9. The molecule has 0 bridgehead atoms. The molecule has 0 aliphatic carbocycles. The normalized spacial score (nSPS) is 22.3. The quantitative estimate of drug-likeness (QED) is 0.870. The van der Waals surface area contributed by atoms with Crippen molar-refractivity contribution in [3.8, 4) is 0 Å². The molecule has 1 aliphatic heterocycles. The largest absolute Gasteiger partial charge is 0.329 e. The third-order valence-corrected chi connectivity index (χ3v) is 3.91. The predicted octanol–water partition coefficient (Wildman–Crippen LogP) is 2.20. The van der Waals surface area contributed by atoms with Crippen molar-refractivity contribution in [3.63, 3.8) is 0 Å². The number of hydrogen-bond acceptors (Lipinski definition) is 3. The van der Waals surface area contributed by atoms with Crippen molar-refractivity contribution in [2.24, 2.45) is 11.1 Å². The molecule has 0 spiro atoms. The van der Waals surface area contributed by atoms with E-state index in [-0.39, 0.29) is 0 Å². The number of pyridine rings is 1. The van der Waals surface area contributed by atoms with Crippen LogP contribution in [0.2, 0.25) is 0 Å². The summed E-state index contributed by atoms with van der Waals surface area (Å²) in [7, 11) is 0. The summed E-state index contributed by atoms with van der Waals surface area (Å²) in [6, 6.07) is 4.52. The van der Waals surface area contributed by atoms with Crippen LogP contribution >= 0.6 is 0 Å². The van der Waals surface area contributed by atoms with Crippen LogP contribution in [0.1, 0.15) is 38.3 Å². The molecule has 94 valence electrons. The minimum Gasteiger partial charge on any atom is -0.329 e. The summed E-state index contributed by atoms with van der Waals surface area (Å²) in [6.45, 7) is 7.70. The van der Waals surface area contributed by atoms with Crippen molar-refractivity contribution in [1.29, 1.82) is 0 Å². The SMILES string of the molecule is CC1(C)CCN(C(CN)c2ccncc2)CC1. The summed E-state index contributed by atoms with van der Waals surface area (Å²) in [5.41, 5.74) is 7.73. The van der Waals surface area contributed by atoms with Gasteiger partial charge < -0.3 is 5.73 Å². The van der Waals surface area contributed by atoms with E-state index in [9.17, 15) is 0 Å². The molecule has 17 heavy (non-hydrogen) atoms. The lowest BCUT2D eigenvalue weighted by Gasteiger charge is -2.40. The van der Waals surface area contributed by atoms with Crippen LogP contribution in [-0.4, -0.2) is 29.5 Å². The fourth-order valence-corrected chi connectivity index (χ4v) is 2.52. The first-order valence-electron chi connectivity index (χ1n) is 6.46. The predicted molar refractivity (Wildman–Crippen MR) is 70.6 cm³/mol. The second-order valence-corrected chi connectivity index (χ2v) is 5.73. The first-order chi connectivity index (χ1) is 8.12. The van der Waals surface area contributed by atoms with Gasteiger partial charge in [0, 0.05) is 25.0 Å². The number of likely N-dealkylation sites (tertiary alicyclic amines) is 1. The maximum Gasteiger partial charge on any atom is 0.0471 e. The van der Waals surface area contributed by atoms with Gasteiger partial charge in [-0.3, -0.25) is 9.88 Å². The molecule has 2 rings (SSSR count). The molecule has 3 heteroatoms. The van der Waals surface area contributed by atoms with Gasteiger partial charge in [-0.2, -0.15) is 0 Å². The zero-order chi connectivity index (χ0) is 12.3. The number of rotatable bonds is 3. The van der Waals surface area contributed by atoms with Gasteiger partial charge in [-0.05, 0) is 49.0 Å². The molecule has 1 fully saturated rings. The van der Waals surface area contributed by atoms with Crippen LogP contribution in [-0.2, 0) is 0 Å². The number of nitrogens with two attached hydrogens (primary N) is 1. The Kier molecular flexibility index (Phi) is 3.79. The van der Waals surface area contributed by atoms with E-state index in [1.807, 2.05) is 12.4 Å². The Bertz CT molecular complexity index is 338. The van der Waals surface area contributed by atoms with E-state index >= 15 is 0 Å². The highest BCUT2D eigenvalue weighted by molar-refractivity contribution is 5.16. The van der Waals surface area contributed by atoms with Crippen LogP contribution in [0.25, 0.3) is 0 Å². The molecule has 1 aromatic heterocycles. The molecule has 2 N–H and O–H groups in total. The van der Waals surface area contributed by atoms with Gasteiger partial charge in [0.05, 0.1) is 0 Å². The molecule has 0 aromatic carbocycles. The Labute approximate surface area is 104 Å². The van der Waals surface area contributed by atoms with Gasteiger partial charge in [0.1, 0.15) is 0 Å². The van der Waals surface area contributed by atoms with E-state index in [0.717, 1.165) is 13.1 Å². The maximum atomic E-state index is 5.94. The topological polar surface area (TPSA) is 42.1 Å². The second-order valence-electron chi connectivity index (χ2n) is 5.73. The average molecular weight is 233 g/mol. The van der Waals surface area contributed by atoms with Crippen molar-refractivity contribution in [3.05, 3.63) is 30.1 Å². The van der Waals surface area contributed by atoms with Gasteiger partial charge in [-0.1, -0.05) is 13.8 Å². The molecular weight excluding hydrogens is 210 g/mol. The van der Waals surface area contributed by atoms with E-state index < -0.39 is 0 Å². The Morgan fingerprint density at radius 2 is 1.88 bits per heavy atom. The molecule has 1 aromatic rings. The van der Waals surface area contributed by atoms with Crippen molar-refractivity contribution < 1.29 is 0 Å². The van der Waals surface area contributed by atoms with Crippen molar-refractivity contribution in [2.75, 3.05) is 19.6 Å². The van der Waals surface area contributed by atoms with E-state index in [1.54, 1.807) is 0 Å². The highest BCUT2D eigenvalue weighted by atomic mass is 15.2. The lowest BCUT2D eigenvalue weighted by atomic mass is 9.82. The maximum absolute atomic E-state index is 5.94. The van der Waals surface area contributed by atoms with Gasteiger partial charge in [-0.25, -0.2) is 0 Å². The Hall–Kier alpha value is -0.930. The number of piperidine rings is 1. The average Bonchev–Trinajstić information content (AvgIpc) is 2.33. The summed E-state index contributed by atoms with van der Waals surface area (Å²) in [5, 5.41) is 0. The van der Waals surface area contributed by atoms with Gasteiger partial charge >= 0.3 is 0 Å². The molecule has 1 saturated heterocycles. The van der Waals surface area contributed by atoms with Crippen LogP contribution < -0.4 is 5.73 Å². The van der Waals surface area contributed by atoms with E-state index in [1.165, 1.54) is 18.4 Å². The van der Waals surface area contributed by atoms with Gasteiger partial charge in [0.2, 0.25) is 0 Å². The highest BCUT2D eigenvalue weighted by Crippen LogP contribution is 2.33. The summed E-state index contributed by atoms with van der Waals surface area (Å²) < 4.78 is 0. The summed E-state index contributed by atoms with van der Waals surface area (Å²) in [5.74, 6) is 0. The first-order valence-corrected chi connectivity index (χ1v) is 6.46. The fraction of sp³-hybridized carbons (Fsp3) is 0.643. The van der Waals surface area contributed by atoms with Crippen molar-refractivity contribution in [2.45, 2.75) is 32.7 Å². The van der Waals surface area contributed by atoms with Crippen LogP contribution in [0, 0.1) is 5.41 Å². The van der Waals surface area contributed by atoms with Gasteiger partial charge in [0.15, 0.2) is 0 Å². The van der Waals surface area contributed by atoms with E-state index in [2.05, 4.69) is 35.9 Å². The van der Waals surface area contributed by atoms with E-state index in [4.69, 9.17) is 5.73 Å². The lowest BCUT2D eigenvalue weighted by Crippen LogP contribution is -2.42. The molecule has 2 heterocycles. The van der Waals surface area contributed by atoms with Crippen LogP contribution in [0.15, 0.2) is 24.5 Å². The minimum absolute atomic E-state index is 0.356. The molecule has 1 unspecified atom stereocenters. The molecule has 0 saturated carbocycles. The van der Waals surface area contributed by atoms with Crippen LogP contribution in [0.5, 0.6) is 0 Å². The minimum atomic E-state index is 0.356. The molecule has 1 atom stereocenters. The van der Waals surface area contributed by atoms with Gasteiger partial charge in [-0.15, -0.1) is 0 Å². The fourth-order valence-electron chi connectivity index (χ4n) is 2.52. The summed E-state index contributed by atoms with van der Waals surface area (Å²) in [4.78, 5) is 6.59. The summed E-state index contributed by atoms with van der Waals surface area (Å²) >= 11 is 0. The lowest BCUT2D eigenvalue weighted by molar-refractivity contribution is 0.0964. The third kappa shape index (κ3) is 3.05. The monoisotopic (exact) mass is 233 g/mol. The van der Waals surface area contributed by atoms with Gasteiger partial charge in [0.25, 0.3) is 0 Å². The van der Waals surface area contributed by atoms with Crippen molar-refractivity contribution in [1.82, 2.24) is 9.88 Å². The second kappa shape index (κ2) is 5.15. The third-order valence-electron chi connectivity index (χ3n) is 3.91. The first kappa shape index (κ1) is 12.5. The molecular formula is C14H23N3. The standard InChI is InChI=1S/C14H23N3/c1-14(2)5-9-17(10-6-14)13(11-15)12-3-7-16-8-4-12/h3-4,7-8,13H,5-6,9-11,15H2,1-2H3. The smallest absolute Gasteiger partial charge is 0.0471 e. The van der Waals surface area contributed by atoms with Crippen LogP contribution in [0.4, 0.5) is 0 Å². The zero-order valence-electron chi connectivity index (χ0n) is 10.9. The Balaban J connectivity index is 2.05. The summed E-state index contributed by atoms with van der Waals surface area (Å²) in [6.07, 6.45) is 6.22. The Morgan fingerprint density at radius 3 is 2.41 bits per heavy atom. The number of hydrogen-bond donors (Lipinski definition) is 1. The molecule has 3 nitrogen and oxygen atoms in total. The molecule has 0 radical (unpaired) electrons. The number of aromatic nitrogens is 1. The van der Waals surface area contributed by atoms with Crippen molar-refractivity contribution >= 4 is 0 Å². The number of nitrogens with zero attached hydrogens (tertiary/aromatic N) is 2. The van der Waals surface area contributed by atoms with Crippen LogP contribution in [0.3, 0.4) is 0 Å². The Morgan fingerprint density at radius 1 is 1.29 bits per heavy atom. The highest BCUT2D eigenvalue weighted by Gasteiger charge is 2.29.